The van der Waals surface area contributed by atoms with E-state index in [9.17, 15) is 9.59 Å². The summed E-state index contributed by atoms with van der Waals surface area (Å²) < 4.78 is 2.13. The Morgan fingerprint density at radius 1 is 1.05 bits per heavy atom. The molecule has 0 bridgehead atoms. The van der Waals surface area contributed by atoms with Gasteiger partial charge in [-0.25, -0.2) is 9.97 Å². The van der Waals surface area contributed by atoms with Gasteiger partial charge in [-0.05, 0) is 68.4 Å². The van der Waals surface area contributed by atoms with Crippen LogP contribution in [0.5, 0.6) is 0 Å². The van der Waals surface area contributed by atoms with Crippen LogP contribution in [0.25, 0.3) is 11.0 Å². The summed E-state index contributed by atoms with van der Waals surface area (Å²) in [6, 6.07) is 16.8. The number of rotatable bonds is 5. The van der Waals surface area contributed by atoms with Crippen molar-refractivity contribution < 1.29 is 9.59 Å². The standard InChI is InChI=1S/C28H28N6O2S/c1-32-22-12-11-19(16-21(22)31-25(32)17-33-14-5-2-6-15-33)30-26(35)18-34-23-9-7-13-29-27(23)37-24-10-4-3-8-20(24)28(34)36/h3-4,7-13,16H,2,5-6,14-15,17-18H2,1H3,(H,30,35). The Kier molecular flexibility index (Phi) is 6.40. The second kappa shape index (κ2) is 9.99. The predicted molar refractivity (Wildman–Crippen MR) is 145 cm³/mol. The molecule has 8 nitrogen and oxygen atoms in total. The van der Waals surface area contributed by atoms with Gasteiger partial charge in [0.05, 0.1) is 28.8 Å². The number of aromatic nitrogens is 3. The van der Waals surface area contributed by atoms with E-state index in [0.29, 0.717) is 22.0 Å². The molecule has 4 heterocycles. The number of carbonyl (C=O) groups is 2. The van der Waals surface area contributed by atoms with Gasteiger partial charge in [-0.2, -0.15) is 0 Å². The SMILES string of the molecule is Cn1c(CN2CCCCC2)nc2cc(NC(=O)CN3C(=O)c4ccccc4Sc4ncccc43)ccc21. The molecule has 188 valence electrons. The lowest BCUT2D eigenvalue weighted by atomic mass is 10.1. The van der Waals surface area contributed by atoms with Gasteiger partial charge in [0.25, 0.3) is 5.91 Å². The third-order valence-electron chi connectivity index (χ3n) is 6.98. The first-order chi connectivity index (χ1) is 18.1. The number of nitrogens with zero attached hydrogens (tertiary/aromatic N) is 5. The Bertz CT molecular complexity index is 1490. The quantitative estimate of drug-likeness (QED) is 0.417. The lowest BCUT2D eigenvalue weighted by molar-refractivity contribution is -0.114. The third kappa shape index (κ3) is 4.72. The Balaban J connectivity index is 1.22. The fourth-order valence-electron chi connectivity index (χ4n) is 5.05. The maximum Gasteiger partial charge on any atom is 0.259 e. The summed E-state index contributed by atoms with van der Waals surface area (Å²) in [7, 11) is 2.04. The lowest BCUT2D eigenvalue weighted by Crippen LogP contribution is -2.38. The third-order valence-corrected chi connectivity index (χ3v) is 8.07. The number of nitrogens with one attached hydrogen (secondary N) is 1. The van der Waals surface area contributed by atoms with Gasteiger partial charge in [0, 0.05) is 23.8 Å². The molecule has 1 N–H and O–H groups in total. The first-order valence-electron chi connectivity index (χ1n) is 12.6. The van der Waals surface area contributed by atoms with Crippen LogP contribution in [0.2, 0.25) is 0 Å². The van der Waals surface area contributed by atoms with Gasteiger partial charge in [0.2, 0.25) is 5.91 Å². The molecule has 1 saturated heterocycles. The molecule has 2 amide bonds. The number of hydrogen-bond donors (Lipinski definition) is 1. The second-order valence-corrected chi connectivity index (χ2v) is 10.5. The maximum absolute atomic E-state index is 13.5. The van der Waals surface area contributed by atoms with Crippen LogP contribution in [0.3, 0.4) is 0 Å². The van der Waals surface area contributed by atoms with Crippen molar-refractivity contribution >= 4 is 46.0 Å². The van der Waals surface area contributed by atoms with Crippen LogP contribution in [-0.2, 0) is 18.4 Å². The van der Waals surface area contributed by atoms with E-state index >= 15 is 0 Å². The average molecular weight is 513 g/mol. The number of anilines is 2. The summed E-state index contributed by atoms with van der Waals surface area (Å²) in [5.74, 6) is 0.528. The number of aryl methyl sites for hydroxylation is 1. The molecular formula is C28H28N6O2S. The summed E-state index contributed by atoms with van der Waals surface area (Å²) in [4.78, 5) is 40.7. The topological polar surface area (TPSA) is 83.4 Å². The van der Waals surface area contributed by atoms with Crippen molar-refractivity contribution in [3.63, 3.8) is 0 Å². The molecule has 0 unspecified atom stereocenters. The first kappa shape index (κ1) is 23.7. The number of amides is 2. The summed E-state index contributed by atoms with van der Waals surface area (Å²) in [6.45, 7) is 2.94. The molecule has 6 rings (SSSR count). The minimum atomic E-state index is -0.281. The highest BCUT2D eigenvalue weighted by molar-refractivity contribution is 7.99. The highest BCUT2D eigenvalue weighted by Gasteiger charge is 2.29. The maximum atomic E-state index is 13.5. The molecule has 2 aliphatic rings. The number of benzene rings is 2. The molecule has 4 aromatic rings. The second-order valence-electron chi connectivity index (χ2n) is 9.49. The molecule has 1 fully saturated rings. The number of hydrogen-bond acceptors (Lipinski definition) is 6. The van der Waals surface area contributed by atoms with Gasteiger partial charge in [0.1, 0.15) is 17.4 Å². The van der Waals surface area contributed by atoms with Crippen LogP contribution < -0.4 is 10.2 Å². The normalized spacial score (nSPS) is 15.8. The van der Waals surface area contributed by atoms with Gasteiger partial charge in [-0.15, -0.1) is 0 Å². The van der Waals surface area contributed by atoms with E-state index in [2.05, 4.69) is 19.8 Å². The molecule has 0 aliphatic carbocycles. The first-order valence-corrected chi connectivity index (χ1v) is 13.4. The van der Waals surface area contributed by atoms with Gasteiger partial charge in [0.15, 0.2) is 0 Å². The Labute approximate surface area is 219 Å². The number of fused-ring (bicyclic) bond motifs is 3. The Morgan fingerprint density at radius 2 is 1.89 bits per heavy atom. The largest absolute Gasteiger partial charge is 0.330 e. The summed E-state index contributed by atoms with van der Waals surface area (Å²) in [6.07, 6.45) is 5.48. The van der Waals surface area contributed by atoms with Crippen molar-refractivity contribution in [2.24, 2.45) is 7.05 Å². The van der Waals surface area contributed by atoms with Crippen LogP contribution in [0.1, 0.15) is 35.4 Å². The summed E-state index contributed by atoms with van der Waals surface area (Å²) in [5.41, 5.74) is 3.73. The van der Waals surface area contributed by atoms with Gasteiger partial charge in [-0.3, -0.25) is 19.4 Å². The van der Waals surface area contributed by atoms with Gasteiger partial charge < -0.3 is 9.88 Å². The molecule has 0 radical (unpaired) electrons. The zero-order chi connectivity index (χ0) is 25.4. The van der Waals surface area contributed by atoms with Crippen molar-refractivity contribution in [2.45, 2.75) is 35.7 Å². The number of piperidine rings is 1. The highest BCUT2D eigenvalue weighted by Crippen LogP contribution is 2.39. The number of pyridine rings is 1. The van der Waals surface area contributed by atoms with Crippen molar-refractivity contribution in [1.82, 2.24) is 19.4 Å². The number of imidazole rings is 1. The van der Waals surface area contributed by atoms with Crippen molar-refractivity contribution in [2.75, 3.05) is 29.9 Å². The minimum absolute atomic E-state index is 0.118. The molecule has 0 saturated carbocycles. The van der Waals surface area contributed by atoms with Gasteiger partial charge in [-0.1, -0.05) is 30.3 Å². The van der Waals surface area contributed by atoms with E-state index in [-0.39, 0.29) is 18.4 Å². The average Bonchev–Trinajstić information content (AvgIpc) is 3.16. The zero-order valence-corrected chi connectivity index (χ0v) is 21.5. The van der Waals surface area contributed by atoms with Crippen LogP contribution in [0, 0.1) is 0 Å². The van der Waals surface area contributed by atoms with Crippen LogP contribution in [0.15, 0.2) is 70.7 Å². The molecular weight excluding hydrogens is 484 g/mol. The van der Waals surface area contributed by atoms with E-state index in [1.165, 1.54) is 35.9 Å². The van der Waals surface area contributed by atoms with Crippen molar-refractivity contribution in [3.05, 3.63) is 72.2 Å². The molecule has 2 aliphatic heterocycles. The predicted octanol–water partition coefficient (Wildman–Crippen LogP) is 4.70. The van der Waals surface area contributed by atoms with Crippen molar-refractivity contribution in [1.29, 1.82) is 0 Å². The number of carbonyl (C=O) groups excluding carboxylic acids is 2. The van der Waals surface area contributed by atoms with Crippen LogP contribution >= 0.6 is 11.8 Å². The van der Waals surface area contributed by atoms with Crippen molar-refractivity contribution in [3.8, 4) is 0 Å². The van der Waals surface area contributed by atoms with Crippen LogP contribution in [-0.4, -0.2) is 50.9 Å². The monoisotopic (exact) mass is 512 g/mol. The fraction of sp³-hybridized carbons (Fsp3) is 0.286. The molecule has 9 heteroatoms. The smallest absolute Gasteiger partial charge is 0.259 e. The van der Waals surface area contributed by atoms with E-state index in [4.69, 9.17) is 4.98 Å². The summed E-state index contributed by atoms with van der Waals surface area (Å²) in [5, 5.41) is 3.67. The van der Waals surface area contributed by atoms with E-state index < -0.39 is 0 Å². The lowest BCUT2D eigenvalue weighted by Gasteiger charge is -2.25. The fourth-order valence-corrected chi connectivity index (χ4v) is 6.06. The van der Waals surface area contributed by atoms with E-state index in [1.54, 1.807) is 18.3 Å². The molecule has 0 atom stereocenters. The molecule has 2 aromatic carbocycles. The molecule has 37 heavy (non-hydrogen) atoms. The Morgan fingerprint density at radius 3 is 2.76 bits per heavy atom. The van der Waals surface area contributed by atoms with E-state index in [1.807, 2.05) is 49.5 Å². The summed E-state index contributed by atoms with van der Waals surface area (Å²) >= 11 is 1.44. The van der Waals surface area contributed by atoms with Gasteiger partial charge >= 0.3 is 0 Å². The van der Waals surface area contributed by atoms with E-state index in [0.717, 1.165) is 41.4 Å². The zero-order valence-electron chi connectivity index (χ0n) is 20.7. The van der Waals surface area contributed by atoms with Crippen LogP contribution in [0.4, 0.5) is 11.4 Å². The number of likely N-dealkylation sites (tertiary alicyclic amines) is 1. The molecule has 0 spiro atoms. The highest BCUT2D eigenvalue weighted by atomic mass is 32.2. The molecule has 2 aromatic heterocycles. The minimum Gasteiger partial charge on any atom is -0.330 e. The Hall–Kier alpha value is -3.69.